The van der Waals surface area contributed by atoms with E-state index in [2.05, 4.69) is 10.00 Å². The monoisotopic (exact) mass is 219 g/mol. The molecule has 4 heterocycles. The minimum Gasteiger partial charge on any atom is -0.301 e. The maximum absolute atomic E-state index is 11.2. The molecule has 0 radical (unpaired) electrons. The summed E-state index contributed by atoms with van der Waals surface area (Å²) in [6.07, 6.45) is 6.16. The predicted octanol–water partition coefficient (Wildman–Crippen LogP) is 1.35. The zero-order valence-corrected chi connectivity index (χ0v) is 9.59. The molecule has 1 aromatic heterocycles. The van der Waals surface area contributed by atoms with Crippen LogP contribution in [0.1, 0.15) is 36.2 Å². The van der Waals surface area contributed by atoms with Crippen LogP contribution in [-0.4, -0.2) is 40.1 Å². The van der Waals surface area contributed by atoms with E-state index >= 15 is 0 Å². The maximum atomic E-state index is 11.2. The van der Waals surface area contributed by atoms with Gasteiger partial charge in [0.15, 0.2) is 5.78 Å². The summed E-state index contributed by atoms with van der Waals surface area (Å²) in [7, 11) is 0. The van der Waals surface area contributed by atoms with Gasteiger partial charge in [0.05, 0.1) is 17.8 Å². The van der Waals surface area contributed by atoms with Crippen molar-refractivity contribution >= 4 is 5.78 Å². The predicted molar refractivity (Wildman–Crippen MR) is 60.4 cm³/mol. The largest absolute Gasteiger partial charge is 0.301 e. The summed E-state index contributed by atoms with van der Waals surface area (Å²) in [6.45, 7) is 5.17. The molecule has 4 nitrogen and oxygen atoms in total. The highest BCUT2D eigenvalue weighted by Gasteiger charge is 2.35. The van der Waals surface area contributed by atoms with Crippen LogP contribution < -0.4 is 0 Å². The second-order valence-electron chi connectivity index (χ2n) is 4.97. The van der Waals surface area contributed by atoms with Crippen molar-refractivity contribution in [2.75, 3.05) is 19.6 Å². The lowest BCUT2D eigenvalue weighted by Gasteiger charge is -2.44. The molecule has 0 saturated carbocycles. The van der Waals surface area contributed by atoms with Crippen LogP contribution in [0, 0.1) is 5.92 Å². The molecule has 1 unspecified atom stereocenters. The molecule has 3 fully saturated rings. The van der Waals surface area contributed by atoms with Gasteiger partial charge in [-0.3, -0.25) is 9.48 Å². The molecule has 1 aromatic rings. The Bertz CT molecular complexity index is 404. The average molecular weight is 219 g/mol. The summed E-state index contributed by atoms with van der Waals surface area (Å²) >= 11 is 0. The first-order valence-electron chi connectivity index (χ1n) is 6.01. The Balaban J connectivity index is 1.83. The van der Waals surface area contributed by atoms with E-state index in [9.17, 15) is 4.79 Å². The van der Waals surface area contributed by atoms with E-state index in [1.807, 2.05) is 10.9 Å². The van der Waals surface area contributed by atoms with E-state index in [0.717, 1.165) is 18.0 Å². The SMILES string of the molecule is CC(=O)c1cnn(C2CN3CCC2CC3)c1. The van der Waals surface area contributed by atoms with Gasteiger partial charge in [-0.05, 0) is 38.8 Å². The Hall–Kier alpha value is -1.16. The van der Waals surface area contributed by atoms with Crippen molar-refractivity contribution < 1.29 is 4.79 Å². The molecule has 0 N–H and O–H groups in total. The van der Waals surface area contributed by atoms with Crippen LogP contribution in [0.4, 0.5) is 0 Å². The van der Waals surface area contributed by atoms with Gasteiger partial charge in [-0.25, -0.2) is 0 Å². The highest BCUT2D eigenvalue weighted by atomic mass is 16.1. The fourth-order valence-electron chi connectivity index (χ4n) is 2.93. The molecule has 86 valence electrons. The first kappa shape index (κ1) is 10.0. The van der Waals surface area contributed by atoms with Crippen molar-refractivity contribution in [3.05, 3.63) is 18.0 Å². The molecule has 3 saturated heterocycles. The van der Waals surface area contributed by atoms with Gasteiger partial charge in [0, 0.05) is 12.7 Å². The number of ketones is 1. The standard InChI is InChI=1S/C12H17N3O/c1-9(16)11-6-13-15(7-11)12-8-14-4-2-10(12)3-5-14/h6-7,10,12H,2-5,8H2,1H3. The topological polar surface area (TPSA) is 38.1 Å². The molecular weight excluding hydrogens is 202 g/mol. The van der Waals surface area contributed by atoms with Crippen LogP contribution in [0.3, 0.4) is 0 Å². The van der Waals surface area contributed by atoms with Gasteiger partial charge in [-0.2, -0.15) is 5.10 Å². The lowest BCUT2D eigenvalue weighted by Crippen LogP contribution is -2.48. The number of carbonyl (C=O) groups is 1. The molecule has 0 amide bonds. The van der Waals surface area contributed by atoms with E-state index in [0.29, 0.717) is 6.04 Å². The molecule has 16 heavy (non-hydrogen) atoms. The molecule has 0 aromatic carbocycles. The number of rotatable bonds is 2. The third-order valence-electron chi connectivity index (χ3n) is 3.97. The van der Waals surface area contributed by atoms with Gasteiger partial charge in [0.1, 0.15) is 0 Å². The Morgan fingerprint density at radius 3 is 2.69 bits per heavy atom. The smallest absolute Gasteiger partial charge is 0.162 e. The van der Waals surface area contributed by atoms with Crippen molar-refractivity contribution in [3.63, 3.8) is 0 Å². The van der Waals surface area contributed by atoms with E-state index in [1.54, 1.807) is 13.1 Å². The number of hydrogen-bond acceptors (Lipinski definition) is 3. The molecule has 2 bridgehead atoms. The number of hydrogen-bond donors (Lipinski definition) is 0. The lowest BCUT2D eigenvalue weighted by atomic mass is 9.84. The minimum atomic E-state index is 0.104. The number of Topliss-reactive ketones (excluding diaryl/α,β-unsaturated/α-hetero) is 1. The molecule has 3 aliphatic rings. The molecule has 3 aliphatic heterocycles. The highest BCUT2D eigenvalue weighted by Crippen LogP contribution is 2.35. The van der Waals surface area contributed by atoms with Gasteiger partial charge >= 0.3 is 0 Å². The van der Waals surface area contributed by atoms with Gasteiger partial charge in [-0.1, -0.05) is 0 Å². The van der Waals surface area contributed by atoms with Gasteiger partial charge < -0.3 is 4.90 Å². The number of aromatic nitrogens is 2. The third kappa shape index (κ3) is 1.57. The van der Waals surface area contributed by atoms with Gasteiger partial charge in [-0.15, -0.1) is 0 Å². The van der Waals surface area contributed by atoms with Crippen molar-refractivity contribution in [3.8, 4) is 0 Å². The van der Waals surface area contributed by atoms with E-state index in [4.69, 9.17) is 0 Å². The molecule has 1 atom stereocenters. The Labute approximate surface area is 95.2 Å². The first-order valence-corrected chi connectivity index (χ1v) is 6.01. The second-order valence-corrected chi connectivity index (χ2v) is 4.97. The van der Waals surface area contributed by atoms with Crippen LogP contribution >= 0.6 is 0 Å². The average Bonchev–Trinajstić information content (AvgIpc) is 2.80. The van der Waals surface area contributed by atoms with Crippen LogP contribution in [-0.2, 0) is 0 Å². The Morgan fingerprint density at radius 2 is 2.19 bits per heavy atom. The van der Waals surface area contributed by atoms with Crippen molar-refractivity contribution in [2.45, 2.75) is 25.8 Å². The molecule has 4 rings (SSSR count). The summed E-state index contributed by atoms with van der Waals surface area (Å²) in [5.41, 5.74) is 0.733. The summed E-state index contributed by atoms with van der Waals surface area (Å²) in [5, 5.41) is 4.35. The highest BCUT2D eigenvalue weighted by molar-refractivity contribution is 5.93. The molecule has 0 aliphatic carbocycles. The van der Waals surface area contributed by atoms with Gasteiger partial charge in [0.25, 0.3) is 0 Å². The Morgan fingerprint density at radius 1 is 1.44 bits per heavy atom. The van der Waals surface area contributed by atoms with Crippen LogP contribution in [0.2, 0.25) is 0 Å². The minimum absolute atomic E-state index is 0.104. The van der Waals surface area contributed by atoms with Gasteiger partial charge in [0.2, 0.25) is 0 Å². The fraction of sp³-hybridized carbons (Fsp3) is 0.667. The third-order valence-corrected chi connectivity index (χ3v) is 3.97. The number of nitrogens with zero attached hydrogens (tertiary/aromatic N) is 3. The molecular formula is C12H17N3O. The van der Waals surface area contributed by atoms with Crippen LogP contribution in [0.15, 0.2) is 12.4 Å². The van der Waals surface area contributed by atoms with Crippen molar-refractivity contribution in [1.29, 1.82) is 0 Å². The van der Waals surface area contributed by atoms with E-state index < -0.39 is 0 Å². The van der Waals surface area contributed by atoms with Crippen LogP contribution in [0.25, 0.3) is 0 Å². The summed E-state index contributed by atoms with van der Waals surface area (Å²) in [4.78, 5) is 13.7. The zero-order chi connectivity index (χ0) is 11.1. The quantitative estimate of drug-likeness (QED) is 0.705. The molecule has 4 heteroatoms. The lowest BCUT2D eigenvalue weighted by molar-refractivity contribution is 0.0512. The summed E-state index contributed by atoms with van der Waals surface area (Å²) < 4.78 is 2.01. The number of fused-ring (bicyclic) bond motifs is 3. The van der Waals surface area contributed by atoms with Crippen molar-refractivity contribution in [1.82, 2.24) is 14.7 Å². The van der Waals surface area contributed by atoms with Crippen LogP contribution in [0.5, 0.6) is 0 Å². The summed E-state index contributed by atoms with van der Waals surface area (Å²) in [6, 6.07) is 0.482. The first-order chi connectivity index (χ1) is 7.74. The second kappa shape index (κ2) is 3.70. The van der Waals surface area contributed by atoms with E-state index in [-0.39, 0.29) is 5.78 Å². The molecule has 0 spiro atoms. The number of carbonyl (C=O) groups excluding carboxylic acids is 1. The maximum Gasteiger partial charge on any atom is 0.162 e. The number of piperidine rings is 3. The van der Waals surface area contributed by atoms with Crippen molar-refractivity contribution in [2.24, 2.45) is 5.92 Å². The Kier molecular flexibility index (Phi) is 2.32. The van der Waals surface area contributed by atoms with E-state index in [1.165, 1.54) is 25.9 Å². The normalized spacial score (nSPS) is 32.9. The zero-order valence-electron chi connectivity index (χ0n) is 9.59. The summed E-state index contributed by atoms with van der Waals surface area (Å²) in [5.74, 6) is 0.859. The fourth-order valence-corrected chi connectivity index (χ4v) is 2.93.